The van der Waals surface area contributed by atoms with Gasteiger partial charge in [0.2, 0.25) is 11.0 Å². The van der Waals surface area contributed by atoms with Gasteiger partial charge in [-0.1, -0.05) is 30.0 Å². The average molecular weight is 337 g/mol. The summed E-state index contributed by atoms with van der Waals surface area (Å²) < 4.78 is 0. The van der Waals surface area contributed by atoms with Gasteiger partial charge >= 0.3 is 0 Å². The van der Waals surface area contributed by atoms with Gasteiger partial charge in [0.25, 0.3) is 5.56 Å². The van der Waals surface area contributed by atoms with Crippen LogP contribution in [0.15, 0.2) is 16.1 Å². The minimum atomic E-state index is -0.293. The van der Waals surface area contributed by atoms with Crippen molar-refractivity contribution in [3.63, 3.8) is 0 Å². The highest BCUT2D eigenvalue weighted by molar-refractivity contribution is 7.99. The van der Waals surface area contributed by atoms with Crippen LogP contribution in [0.2, 0.25) is 0 Å². The van der Waals surface area contributed by atoms with Crippen molar-refractivity contribution in [2.24, 2.45) is 0 Å². The number of hydrogen-bond acceptors (Lipinski definition) is 8. The van der Waals surface area contributed by atoms with Crippen molar-refractivity contribution in [1.29, 1.82) is 0 Å². The van der Waals surface area contributed by atoms with Crippen molar-refractivity contribution in [3.05, 3.63) is 21.6 Å². The van der Waals surface area contributed by atoms with Gasteiger partial charge in [-0.3, -0.25) is 20.0 Å². The van der Waals surface area contributed by atoms with Gasteiger partial charge in [0, 0.05) is 0 Å². The fraction of sp³-hybridized carbons (Fsp3) is 0.273. The number of H-pyrrole nitrogens is 2. The minimum absolute atomic E-state index is 0.101. The summed E-state index contributed by atoms with van der Waals surface area (Å²) in [6, 6.07) is 0. The number of aromatic amines is 2. The highest BCUT2D eigenvalue weighted by Crippen LogP contribution is 2.17. The van der Waals surface area contributed by atoms with E-state index in [1.54, 1.807) is 0 Å². The number of rotatable bonds is 5. The van der Waals surface area contributed by atoms with Crippen LogP contribution in [0.5, 0.6) is 0 Å². The van der Waals surface area contributed by atoms with E-state index >= 15 is 0 Å². The molecule has 0 spiro atoms. The molecular weight excluding hydrogens is 326 g/mol. The number of anilines is 1. The van der Waals surface area contributed by atoms with Crippen molar-refractivity contribution in [2.45, 2.75) is 18.5 Å². The Morgan fingerprint density at radius 2 is 2.32 bits per heavy atom. The predicted octanol–water partition coefficient (Wildman–Crippen LogP) is 0.791. The summed E-state index contributed by atoms with van der Waals surface area (Å²) in [6.07, 6.45) is 2.18. The molecule has 0 aliphatic carbocycles. The number of carbonyl (C=O) groups is 1. The highest BCUT2D eigenvalue weighted by Gasteiger charge is 2.10. The van der Waals surface area contributed by atoms with E-state index in [1.807, 2.05) is 6.92 Å². The van der Waals surface area contributed by atoms with Crippen LogP contribution >= 0.6 is 23.1 Å². The first-order chi connectivity index (χ1) is 10.7. The summed E-state index contributed by atoms with van der Waals surface area (Å²) in [5, 5.41) is 18.9. The highest BCUT2D eigenvalue weighted by atomic mass is 32.2. The number of amides is 1. The molecule has 3 heterocycles. The molecule has 0 aromatic carbocycles. The number of carbonyl (C=O) groups excluding carboxylic acids is 1. The minimum Gasteiger partial charge on any atom is -0.301 e. The van der Waals surface area contributed by atoms with Gasteiger partial charge in [-0.2, -0.15) is 5.10 Å². The first kappa shape index (κ1) is 14.7. The monoisotopic (exact) mass is 337 g/mol. The van der Waals surface area contributed by atoms with Crippen LogP contribution in [-0.4, -0.2) is 42.0 Å². The fourth-order valence-electron chi connectivity index (χ4n) is 1.63. The fourth-order valence-corrected chi connectivity index (χ4v) is 2.99. The molecule has 0 saturated heterocycles. The number of thioether (sulfide) groups is 1. The summed E-state index contributed by atoms with van der Waals surface area (Å²) in [5.74, 6) is -0.139. The largest absolute Gasteiger partial charge is 0.301 e. The first-order valence-electron chi connectivity index (χ1n) is 6.34. The maximum atomic E-state index is 11.8. The van der Waals surface area contributed by atoms with Crippen LogP contribution < -0.4 is 10.9 Å². The van der Waals surface area contributed by atoms with Crippen LogP contribution in [0.3, 0.4) is 0 Å². The summed E-state index contributed by atoms with van der Waals surface area (Å²) in [7, 11) is 0. The van der Waals surface area contributed by atoms with Crippen molar-refractivity contribution in [2.75, 3.05) is 11.1 Å². The van der Waals surface area contributed by atoms with Crippen molar-refractivity contribution in [1.82, 2.24) is 30.4 Å². The molecule has 0 saturated carbocycles. The third-order valence-electron chi connectivity index (χ3n) is 2.65. The summed E-state index contributed by atoms with van der Waals surface area (Å²) >= 11 is 2.46. The quantitative estimate of drug-likeness (QED) is 0.463. The first-order valence-corrected chi connectivity index (χ1v) is 8.14. The Kier molecular flexibility index (Phi) is 4.15. The van der Waals surface area contributed by atoms with Crippen molar-refractivity contribution >= 4 is 45.2 Å². The van der Waals surface area contributed by atoms with Crippen LogP contribution in [-0.2, 0) is 11.2 Å². The lowest BCUT2D eigenvalue weighted by molar-refractivity contribution is -0.113. The second kappa shape index (κ2) is 6.23. The zero-order valence-corrected chi connectivity index (χ0v) is 13.0. The van der Waals surface area contributed by atoms with Gasteiger partial charge < -0.3 is 4.98 Å². The lowest BCUT2D eigenvalue weighted by atomic mass is 10.4. The van der Waals surface area contributed by atoms with E-state index in [0.29, 0.717) is 21.3 Å². The third kappa shape index (κ3) is 3.14. The van der Waals surface area contributed by atoms with Crippen molar-refractivity contribution < 1.29 is 4.79 Å². The molecule has 1 amide bonds. The number of hydrogen-bond donors (Lipinski definition) is 3. The lowest BCUT2D eigenvalue weighted by Gasteiger charge is -2.01. The zero-order valence-electron chi connectivity index (χ0n) is 11.4. The zero-order chi connectivity index (χ0) is 15.5. The maximum absolute atomic E-state index is 11.8. The van der Waals surface area contributed by atoms with Gasteiger partial charge in [-0.25, -0.2) is 4.98 Å². The summed E-state index contributed by atoms with van der Waals surface area (Å²) in [6.45, 7) is 1.97. The Labute approximate surface area is 132 Å². The van der Waals surface area contributed by atoms with E-state index in [0.717, 1.165) is 23.2 Å². The van der Waals surface area contributed by atoms with E-state index in [-0.39, 0.29) is 17.2 Å². The van der Waals surface area contributed by atoms with Gasteiger partial charge in [0.1, 0.15) is 10.4 Å². The molecule has 0 atom stereocenters. The smallest absolute Gasteiger partial charge is 0.262 e. The van der Waals surface area contributed by atoms with Gasteiger partial charge in [-0.15, -0.1) is 10.2 Å². The molecule has 114 valence electrons. The maximum Gasteiger partial charge on any atom is 0.262 e. The van der Waals surface area contributed by atoms with E-state index in [2.05, 4.69) is 35.7 Å². The summed E-state index contributed by atoms with van der Waals surface area (Å²) in [5.41, 5.74) is 0.0988. The molecular formula is C11H11N7O2S2. The van der Waals surface area contributed by atoms with Crippen LogP contribution in [0.1, 0.15) is 11.9 Å². The average Bonchev–Trinajstić information content (AvgIpc) is 3.14. The molecule has 0 radical (unpaired) electrons. The molecule has 3 N–H and O–H groups in total. The lowest BCUT2D eigenvalue weighted by Crippen LogP contribution is -2.15. The number of fused-ring (bicyclic) bond motifs is 1. The molecule has 22 heavy (non-hydrogen) atoms. The molecule has 0 aliphatic heterocycles. The normalized spacial score (nSPS) is 11.0. The third-order valence-corrected chi connectivity index (χ3v) is 4.51. The molecule has 0 fully saturated rings. The number of aryl methyl sites for hydroxylation is 1. The molecule has 3 aromatic rings. The van der Waals surface area contributed by atoms with Gasteiger partial charge in [0.05, 0.1) is 11.9 Å². The standard InChI is InChI=1S/C11H11N7O2S2/c1-2-7-16-18-11(22-7)13-6(19)4-21-10-14-8-5(3-12-17-8)9(20)15-10/h3H,2,4H2,1H3,(H,13,18,19)(H2,12,14,15,17,20). The molecule has 9 nitrogen and oxygen atoms in total. The van der Waals surface area contributed by atoms with Crippen LogP contribution in [0.25, 0.3) is 11.0 Å². The molecule has 3 rings (SSSR count). The van der Waals surface area contributed by atoms with Gasteiger partial charge in [-0.05, 0) is 6.42 Å². The molecule has 3 aromatic heterocycles. The van der Waals surface area contributed by atoms with Crippen LogP contribution in [0.4, 0.5) is 5.13 Å². The Bertz CT molecular complexity index is 869. The number of nitrogens with zero attached hydrogens (tertiary/aromatic N) is 4. The second-order valence-electron chi connectivity index (χ2n) is 4.19. The van der Waals surface area contributed by atoms with Gasteiger partial charge in [0.15, 0.2) is 10.8 Å². The SMILES string of the molecule is CCc1nnc(NC(=O)CSc2nc3[nH]ncc3c(=O)[nH]2)s1. The van der Waals surface area contributed by atoms with Crippen molar-refractivity contribution in [3.8, 4) is 0 Å². The topological polar surface area (TPSA) is 129 Å². The second-order valence-corrected chi connectivity index (χ2v) is 6.22. The molecule has 11 heteroatoms. The summed E-state index contributed by atoms with van der Waals surface area (Å²) in [4.78, 5) is 30.4. The van der Waals surface area contributed by atoms with E-state index in [4.69, 9.17) is 0 Å². The number of nitrogens with one attached hydrogen (secondary N) is 3. The predicted molar refractivity (Wildman–Crippen MR) is 83.2 cm³/mol. The van der Waals surface area contributed by atoms with E-state index < -0.39 is 0 Å². The molecule has 0 bridgehead atoms. The Morgan fingerprint density at radius 1 is 1.45 bits per heavy atom. The Hall–Kier alpha value is -2.27. The Balaban J connectivity index is 1.63. The number of aromatic nitrogens is 6. The Morgan fingerprint density at radius 3 is 3.09 bits per heavy atom. The van der Waals surface area contributed by atoms with E-state index in [9.17, 15) is 9.59 Å². The molecule has 0 aliphatic rings. The molecule has 0 unspecified atom stereocenters. The van der Waals surface area contributed by atoms with Crippen LogP contribution in [0, 0.1) is 0 Å². The van der Waals surface area contributed by atoms with E-state index in [1.165, 1.54) is 17.5 Å².